The predicted molar refractivity (Wildman–Crippen MR) is 95.3 cm³/mol. The van der Waals surface area contributed by atoms with Crippen molar-refractivity contribution < 1.29 is 0 Å². The third-order valence-corrected chi connectivity index (χ3v) is 5.53. The molecule has 1 aliphatic heterocycles. The van der Waals surface area contributed by atoms with Crippen LogP contribution in [-0.2, 0) is 5.41 Å². The second-order valence-corrected chi connectivity index (χ2v) is 8.54. The van der Waals surface area contributed by atoms with Crippen LogP contribution in [0, 0.1) is 0 Å². The molecule has 0 spiro atoms. The van der Waals surface area contributed by atoms with Gasteiger partial charge < -0.3 is 10.2 Å². The maximum Gasteiger partial charge on any atom is 0.0177 e. The van der Waals surface area contributed by atoms with Crippen molar-refractivity contribution in [3.05, 3.63) is 35.9 Å². The molecule has 1 aromatic rings. The van der Waals surface area contributed by atoms with E-state index < -0.39 is 0 Å². The van der Waals surface area contributed by atoms with E-state index in [4.69, 9.17) is 0 Å². The number of hydrogen-bond acceptors (Lipinski definition) is 3. The monoisotopic (exact) mass is 306 g/mol. The van der Waals surface area contributed by atoms with Gasteiger partial charge in [-0.3, -0.25) is 0 Å². The molecule has 0 radical (unpaired) electrons. The van der Waals surface area contributed by atoms with Gasteiger partial charge in [0.2, 0.25) is 0 Å². The Morgan fingerprint density at radius 1 is 1.19 bits per heavy atom. The van der Waals surface area contributed by atoms with Crippen LogP contribution >= 0.6 is 11.8 Å². The fraction of sp³-hybridized carbons (Fsp3) is 0.667. The average molecular weight is 307 g/mol. The van der Waals surface area contributed by atoms with E-state index in [1.807, 2.05) is 0 Å². The number of rotatable bonds is 6. The highest BCUT2D eigenvalue weighted by Gasteiger charge is 2.32. The molecule has 1 heterocycles. The predicted octanol–water partition coefficient (Wildman–Crippen LogP) is 3.38. The van der Waals surface area contributed by atoms with Crippen molar-refractivity contribution >= 4 is 11.8 Å². The van der Waals surface area contributed by atoms with Crippen LogP contribution in [0.3, 0.4) is 0 Å². The van der Waals surface area contributed by atoms with Gasteiger partial charge in [0.25, 0.3) is 0 Å². The number of nitrogens with zero attached hydrogens (tertiary/aromatic N) is 1. The van der Waals surface area contributed by atoms with Gasteiger partial charge in [-0.2, -0.15) is 11.8 Å². The molecule has 0 saturated carbocycles. The van der Waals surface area contributed by atoms with Crippen molar-refractivity contribution in [3.63, 3.8) is 0 Å². The molecule has 118 valence electrons. The highest BCUT2D eigenvalue weighted by atomic mass is 32.2. The van der Waals surface area contributed by atoms with Gasteiger partial charge in [0.15, 0.2) is 0 Å². The molecule has 1 aliphatic rings. The van der Waals surface area contributed by atoms with E-state index in [2.05, 4.69) is 80.0 Å². The molecular formula is C18H30N2S. The zero-order chi connectivity index (χ0) is 15.3. The van der Waals surface area contributed by atoms with Crippen molar-refractivity contribution in [2.24, 2.45) is 0 Å². The topological polar surface area (TPSA) is 15.3 Å². The summed E-state index contributed by atoms with van der Waals surface area (Å²) < 4.78 is 0. The summed E-state index contributed by atoms with van der Waals surface area (Å²) in [6.45, 7) is 14.9. The summed E-state index contributed by atoms with van der Waals surface area (Å²) in [5.41, 5.74) is 1.63. The summed E-state index contributed by atoms with van der Waals surface area (Å²) in [5.74, 6) is 0. The molecule has 2 rings (SSSR count). The van der Waals surface area contributed by atoms with E-state index in [-0.39, 0.29) is 5.41 Å². The molecule has 1 fully saturated rings. The summed E-state index contributed by atoms with van der Waals surface area (Å²) in [6.07, 6.45) is 0. The lowest BCUT2D eigenvalue weighted by molar-refractivity contribution is 0.209. The van der Waals surface area contributed by atoms with Crippen molar-refractivity contribution in [3.8, 4) is 0 Å². The zero-order valence-corrected chi connectivity index (χ0v) is 14.7. The third kappa shape index (κ3) is 4.73. The Bertz CT molecular complexity index is 412. The van der Waals surface area contributed by atoms with Gasteiger partial charge in [0.1, 0.15) is 0 Å². The number of hydrogen-bond donors (Lipinski definition) is 1. The minimum atomic E-state index is 0.179. The average Bonchev–Trinajstić information content (AvgIpc) is 2.45. The second-order valence-electron chi connectivity index (χ2n) is 6.66. The summed E-state index contributed by atoms with van der Waals surface area (Å²) in [6, 6.07) is 11.0. The first-order valence-corrected chi connectivity index (χ1v) is 9.12. The molecule has 0 aliphatic carbocycles. The fourth-order valence-corrected chi connectivity index (χ4v) is 4.78. The lowest BCUT2D eigenvalue weighted by Crippen LogP contribution is -2.50. The van der Waals surface area contributed by atoms with Gasteiger partial charge in [-0.1, -0.05) is 58.0 Å². The quantitative estimate of drug-likeness (QED) is 0.867. The Morgan fingerprint density at radius 2 is 1.81 bits per heavy atom. The molecule has 2 nitrogen and oxygen atoms in total. The van der Waals surface area contributed by atoms with Crippen LogP contribution in [0.5, 0.6) is 0 Å². The van der Waals surface area contributed by atoms with Crippen LogP contribution in [0.25, 0.3) is 0 Å². The van der Waals surface area contributed by atoms with Crippen LogP contribution in [0.1, 0.15) is 33.3 Å². The highest BCUT2D eigenvalue weighted by molar-refractivity contribution is 8.00. The lowest BCUT2D eigenvalue weighted by atomic mass is 9.81. The molecule has 3 atom stereocenters. The summed E-state index contributed by atoms with van der Waals surface area (Å²) in [7, 11) is 0. The number of thioether (sulfide) groups is 1. The van der Waals surface area contributed by atoms with Gasteiger partial charge in [0, 0.05) is 42.1 Å². The van der Waals surface area contributed by atoms with E-state index >= 15 is 0 Å². The molecule has 0 aromatic heterocycles. The Hall–Kier alpha value is -0.510. The Morgan fingerprint density at radius 3 is 2.38 bits per heavy atom. The molecule has 1 saturated heterocycles. The smallest absolute Gasteiger partial charge is 0.0177 e. The lowest BCUT2D eigenvalue weighted by Gasteiger charge is -2.41. The van der Waals surface area contributed by atoms with Crippen LogP contribution < -0.4 is 5.32 Å². The fourth-order valence-electron chi connectivity index (χ4n) is 3.40. The highest BCUT2D eigenvalue weighted by Crippen LogP contribution is 2.29. The first-order chi connectivity index (χ1) is 10.0. The van der Waals surface area contributed by atoms with Gasteiger partial charge in [0.05, 0.1) is 0 Å². The maximum atomic E-state index is 3.57. The van der Waals surface area contributed by atoms with Crippen LogP contribution in [-0.4, -0.2) is 48.1 Å². The summed E-state index contributed by atoms with van der Waals surface area (Å²) in [4.78, 5) is 2.66. The van der Waals surface area contributed by atoms with Gasteiger partial charge in [-0.05, 0) is 12.1 Å². The second kappa shape index (κ2) is 7.66. The Kier molecular flexibility index (Phi) is 6.15. The van der Waals surface area contributed by atoms with Crippen LogP contribution in [0.15, 0.2) is 30.3 Å². The first-order valence-electron chi connectivity index (χ1n) is 8.17. The number of likely N-dealkylation sites (N-methyl/N-ethyl adjacent to an activating group) is 1. The minimum Gasteiger partial charge on any atom is -0.316 e. The van der Waals surface area contributed by atoms with Crippen molar-refractivity contribution in [2.75, 3.05) is 32.7 Å². The Labute approximate surface area is 134 Å². The number of nitrogens with one attached hydrogen (secondary N) is 1. The van der Waals surface area contributed by atoms with E-state index in [0.717, 1.165) is 30.1 Å². The van der Waals surface area contributed by atoms with Crippen molar-refractivity contribution in [1.29, 1.82) is 0 Å². The number of benzene rings is 1. The minimum absolute atomic E-state index is 0.179. The molecule has 3 unspecified atom stereocenters. The van der Waals surface area contributed by atoms with Crippen molar-refractivity contribution in [2.45, 2.75) is 43.6 Å². The first kappa shape index (κ1) is 16.9. The zero-order valence-electron chi connectivity index (χ0n) is 13.9. The van der Waals surface area contributed by atoms with Gasteiger partial charge >= 0.3 is 0 Å². The van der Waals surface area contributed by atoms with Gasteiger partial charge in [-0.25, -0.2) is 0 Å². The summed E-state index contributed by atoms with van der Waals surface area (Å²) >= 11 is 2.13. The molecular weight excluding hydrogens is 276 g/mol. The normalized spacial score (nSPS) is 26.5. The van der Waals surface area contributed by atoms with Crippen LogP contribution in [0.4, 0.5) is 0 Å². The summed E-state index contributed by atoms with van der Waals surface area (Å²) in [5, 5.41) is 5.05. The Balaban J connectivity index is 2.12. The largest absolute Gasteiger partial charge is 0.316 e. The van der Waals surface area contributed by atoms with Crippen molar-refractivity contribution in [1.82, 2.24) is 10.2 Å². The molecule has 0 bridgehead atoms. The van der Waals surface area contributed by atoms with E-state index in [1.165, 1.54) is 18.7 Å². The van der Waals surface area contributed by atoms with Gasteiger partial charge in [-0.15, -0.1) is 0 Å². The van der Waals surface area contributed by atoms with E-state index in [9.17, 15) is 0 Å². The van der Waals surface area contributed by atoms with Crippen LogP contribution in [0.2, 0.25) is 0 Å². The van der Waals surface area contributed by atoms with E-state index in [0.29, 0.717) is 0 Å². The molecule has 3 heteroatoms. The SMILES string of the molecule is CCNCC(C)(CN1CC(C)SC(C)C1)c1ccccc1. The molecule has 21 heavy (non-hydrogen) atoms. The van der Waals surface area contributed by atoms with E-state index in [1.54, 1.807) is 0 Å². The molecule has 1 aromatic carbocycles. The standard InChI is InChI=1S/C18H30N2S/c1-5-19-13-18(4,17-9-7-6-8-10-17)14-20-11-15(2)21-16(3)12-20/h6-10,15-16,19H,5,11-14H2,1-4H3. The molecule has 1 N–H and O–H groups in total. The third-order valence-electron chi connectivity index (χ3n) is 4.30. The molecule has 0 amide bonds. The maximum absolute atomic E-state index is 3.57.